The summed E-state index contributed by atoms with van der Waals surface area (Å²) >= 11 is 0. The average Bonchev–Trinajstić information content (AvgIpc) is 2.30. The third-order valence-corrected chi connectivity index (χ3v) is 3.14. The van der Waals surface area contributed by atoms with E-state index < -0.39 is 6.03 Å². The van der Waals surface area contributed by atoms with E-state index in [-0.39, 0.29) is 18.4 Å². The van der Waals surface area contributed by atoms with Gasteiger partial charge in [0.15, 0.2) is 0 Å². The molecule has 6 nitrogen and oxygen atoms in total. The Bertz CT molecular complexity index is 283. The minimum Gasteiger partial charge on any atom is -0.392 e. The number of carbonyl (C=O) groups excluding carboxylic acids is 2. The van der Waals surface area contributed by atoms with E-state index in [1.807, 2.05) is 11.8 Å². The number of urea groups is 1. The molecule has 0 aromatic rings. The lowest BCUT2D eigenvalue weighted by atomic mass is 9.96. The highest BCUT2D eigenvalue weighted by molar-refractivity contribution is 5.94. The fourth-order valence-corrected chi connectivity index (χ4v) is 1.83. The third kappa shape index (κ3) is 4.70. The van der Waals surface area contributed by atoms with Crippen molar-refractivity contribution in [3.05, 3.63) is 0 Å². The van der Waals surface area contributed by atoms with Gasteiger partial charge < -0.3 is 15.3 Å². The van der Waals surface area contributed by atoms with Crippen molar-refractivity contribution in [2.75, 3.05) is 26.7 Å². The molecule has 0 saturated carbocycles. The molecule has 0 bridgehead atoms. The lowest BCUT2D eigenvalue weighted by Gasteiger charge is -2.33. The van der Waals surface area contributed by atoms with Crippen molar-refractivity contribution < 1.29 is 14.7 Å². The summed E-state index contributed by atoms with van der Waals surface area (Å²) in [5, 5.41) is 14.2. The van der Waals surface area contributed by atoms with Gasteiger partial charge in [0.1, 0.15) is 0 Å². The summed E-state index contributed by atoms with van der Waals surface area (Å²) in [6.07, 6.45) is 0.901. The van der Waals surface area contributed by atoms with Crippen LogP contribution in [-0.4, -0.2) is 54.7 Å². The van der Waals surface area contributed by atoms with Gasteiger partial charge in [-0.2, -0.15) is 0 Å². The summed E-state index contributed by atoms with van der Waals surface area (Å²) in [7, 11) is 1.46. The Labute approximate surface area is 101 Å². The second-order valence-corrected chi connectivity index (χ2v) is 4.51. The number of hydrogen-bond acceptors (Lipinski definition) is 4. The molecule has 1 rings (SSSR count). The van der Waals surface area contributed by atoms with Crippen molar-refractivity contribution in [3.8, 4) is 0 Å². The molecular weight excluding hydrogens is 222 g/mol. The topological polar surface area (TPSA) is 81.7 Å². The van der Waals surface area contributed by atoms with E-state index in [2.05, 4.69) is 10.6 Å². The summed E-state index contributed by atoms with van der Waals surface area (Å²) in [6, 6.07) is -0.484. The minimum absolute atomic E-state index is 0.272. The molecule has 1 heterocycles. The van der Waals surface area contributed by atoms with Crippen LogP contribution in [0.2, 0.25) is 0 Å². The van der Waals surface area contributed by atoms with E-state index in [0.29, 0.717) is 19.0 Å². The number of imide groups is 1. The van der Waals surface area contributed by atoms with Crippen molar-refractivity contribution in [2.45, 2.75) is 25.9 Å². The molecule has 0 aliphatic carbocycles. The van der Waals surface area contributed by atoms with Gasteiger partial charge in [-0.3, -0.25) is 10.1 Å². The first-order valence-electron chi connectivity index (χ1n) is 5.95. The van der Waals surface area contributed by atoms with Crippen molar-refractivity contribution in [1.29, 1.82) is 0 Å². The number of hydrogen-bond donors (Lipinski definition) is 3. The molecule has 0 aromatic carbocycles. The van der Waals surface area contributed by atoms with Gasteiger partial charge in [0.25, 0.3) is 0 Å². The van der Waals surface area contributed by atoms with Crippen LogP contribution >= 0.6 is 0 Å². The van der Waals surface area contributed by atoms with Crippen molar-refractivity contribution in [1.82, 2.24) is 15.5 Å². The predicted molar refractivity (Wildman–Crippen MR) is 63.4 cm³/mol. The average molecular weight is 243 g/mol. The molecule has 6 heteroatoms. The van der Waals surface area contributed by atoms with E-state index in [4.69, 9.17) is 0 Å². The van der Waals surface area contributed by atoms with Gasteiger partial charge in [-0.1, -0.05) is 6.92 Å². The zero-order valence-electron chi connectivity index (χ0n) is 10.4. The summed E-state index contributed by atoms with van der Waals surface area (Å²) in [6.45, 7) is 4.10. The number of β-amino-alcohol motifs (C(OH)–C–C–N with tert-alkyl or cyclic N) is 1. The monoisotopic (exact) mass is 243 g/mol. The highest BCUT2D eigenvalue weighted by Crippen LogP contribution is 2.16. The van der Waals surface area contributed by atoms with E-state index in [1.165, 1.54) is 7.05 Å². The smallest absolute Gasteiger partial charge is 0.321 e. The Morgan fingerprint density at radius 2 is 2.18 bits per heavy atom. The maximum atomic E-state index is 11.3. The largest absolute Gasteiger partial charge is 0.392 e. The highest BCUT2D eigenvalue weighted by atomic mass is 16.3. The molecular formula is C11H21N3O3. The lowest BCUT2D eigenvalue weighted by molar-refractivity contribution is -0.120. The molecule has 1 aliphatic rings. The Hall–Kier alpha value is -1.14. The van der Waals surface area contributed by atoms with E-state index in [9.17, 15) is 14.7 Å². The van der Waals surface area contributed by atoms with Crippen LogP contribution in [0.1, 0.15) is 19.8 Å². The molecule has 1 aliphatic heterocycles. The maximum Gasteiger partial charge on any atom is 0.321 e. The zero-order chi connectivity index (χ0) is 12.8. The van der Waals surface area contributed by atoms with Crippen LogP contribution in [0.25, 0.3) is 0 Å². The first-order valence-corrected chi connectivity index (χ1v) is 5.95. The Kier molecular flexibility index (Phi) is 5.37. The Morgan fingerprint density at radius 1 is 1.47 bits per heavy atom. The van der Waals surface area contributed by atoms with Gasteiger partial charge in [-0.15, -0.1) is 0 Å². The van der Waals surface area contributed by atoms with E-state index >= 15 is 0 Å². The van der Waals surface area contributed by atoms with Crippen LogP contribution in [0.15, 0.2) is 0 Å². The number of nitrogens with zero attached hydrogens (tertiary/aromatic N) is 1. The molecule has 2 atom stereocenters. The second-order valence-electron chi connectivity index (χ2n) is 4.51. The third-order valence-electron chi connectivity index (χ3n) is 3.14. The van der Waals surface area contributed by atoms with Crippen LogP contribution in [0, 0.1) is 5.92 Å². The molecule has 98 valence electrons. The fourth-order valence-electron chi connectivity index (χ4n) is 1.83. The first kappa shape index (κ1) is 13.9. The SMILES string of the molecule is CNC(=O)NC(=O)CCN1CCC(C)C(O)C1. The fraction of sp³-hybridized carbons (Fsp3) is 0.818. The zero-order valence-corrected chi connectivity index (χ0v) is 10.4. The number of aliphatic hydroxyl groups is 1. The van der Waals surface area contributed by atoms with Gasteiger partial charge in [0, 0.05) is 26.6 Å². The number of carbonyl (C=O) groups is 2. The Morgan fingerprint density at radius 3 is 2.76 bits per heavy atom. The Balaban J connectivity index is 2.22. The number of piperidine rings is 1. The summed E-state index contributed by atoms with van der Waals surface area (Å²) in [5.74, 6) is 0.0309. The number of rotatable bonds is 3. The molecule has 2 unspecified atom stereocenters. The lowest BCUT2D eigenvalue weighted by Crippen LogP contribution is -2.45. The molecule has 1 fully saturated rings. The van der Waals surface area contributed by atoms with Crippen molar-refractivity contribution in [3.63, 3.8) is 0 Å². The van der Waals surface area contributed by atoms with E-state index in [1.54, 1.807) is 0 Å². The van der Waals surface area contributed by atoms with Crippen molar-refractivity contribution in [2.24, 2.45) is 5.92 Å². The standard InChI is InChI=1S/C11H21N3O3/c1-8-3-5-14(7-9(8)15)6-4-10(16)13-11(17)12-2/h8-9,15H,3-7H2,1-2H3,(H2,12,13,16,17). The number of amides is 3. The minimum atomic E-state index is -0.484. The van der Waals surface area contributed by atoms with Crippen LogP contribution in [0.3, 0.4) is 0 Å². The molecule has 0 aromatic heterocycles. The molecule has 17 heavy (non-hydrogen) atoms. The summed E-state index contributed by atoms with van der Waals surface area (Å²) in [5.41, 5.74) is 0. The molecule has 0 radical (unpaired) electrons. The second kappa shape index (κ2) is 6.56. The highest BCUT2D eigenvalue weighted by Gasteiger charge is 2.24. The van der Waals surface area contributed by atoms with Gasteiger partial charge in [0.2, 0.25) is 5.91 Å². The van der Waals surface area contributed by atoms with Crippen LogP contribution in [0.5, 0.6) is 0 Å². The molecule has 3 N–H and O–H groups in total. The normalized spacial score (nSPS) is 25.4. The van der Waals surface area contributed by atoms with Gasteiger partial charge in [-0.05, 0) is 18.9 Å². The van der Waals surface area contributed by atoms with Crippen LogP contribution < -0.4 is 10.6 Å². The molecule has 0 spiro atoms. The predicted octanol–water partition coefficient (Wildman–Crippen LogP) is -0.465. The summed E-state index contributed by atoms with van der Waals surface area (Å²) < 4.78 is 0. The first-order chi connectivity index (χ1) is 8.02. The van der Waals surface area contributed by atoms with E-state index in [0.717, 1.165) is 13.0 Å². The molecule has 1 saturated heterocycles. The maximum absolute atomic E-state index is 11.3. The van der Waals surface area contributed by atoms with Crippen LogP contribution in [0.4, 0.5) is 4.79 Å². The number of nitrogens with one attached hydrogen (secondary N) is 2. The van der Waals surface area contributed by atoms with Crippen molar-refractivity contribution >= 4 is 11.9 Å². The van der Waals surface area contributed by atoms with Gasteiger partial charge >= 0.3 is 6.03 Å². The number of likely N-dealkylation sites (tertiary alicyclic amines) is 1. The number of aliphatic hydroxyl groups excluding tert-OH is 1. The summed E-state index contributed by atoms with van der Waals surface area (Å²) in [4.78, 5) is 24.3. The van der Waals surface area contributed by atoms with Crippen LogP contribution in [-0.2, 0) is 4.79 Å². The quantitative estimate of drug-likeness (QED) is 0.626. The molecule has 3 amide bonds. The van der Waals surface area contributed by atoms with Gasteiger partial charge in [-0.25, -0.2) is 4.79 Å². The van der Waals surface area contributed by atoms with Gasteiger partial charge in [0.05, 0.1) is 6.10 Å².